The van der Waals surface area contributed by atoms with Crippen molar-refractivity contribution in [3.05, 3.63) is 176 Å². The Labute approximate surface area is 307 Å². The lowest BCUT2D eigenvalue weighted by Crippen LogP contribution is -2.23. The zero-order chi connectivity index (χ0) is 37.4. The molecule has 54 heavy (non-hydrogen) atoms. The maximum absolute atomic E-state index is 13.9. The highest BCUT2D eigenvalue weighted by Gasteiger charge is 2.37. The quantitative estimate of drug-likeness (QED) is 0.178. The van der Waals surface area contributed by atoms with Crippen LogP contribution in [0.2, 0.25) is 0 Å². The van der Waals surface area contributed by atoms with Crippen LogP contribution in [0.3, 0.4) is 0 Å². The van der Waals surface area contributed by atoms with Crippen molar-refractivity contribution in [2.75, 3.05) is 24.9 Å². The van der Waals surface area contributed by atoms with Crippen LogP contribution < -0.4 is 20.1 Å². The summed E-state index contributed by atoms with van der Waals surface area (Å²) in [4.78, 5) is 82.4. The average molecular weight is 711 g/mol. The van der Waals surface area contributed by atoms with Gasteiger partial charge >= 0.3 is 0 Å². The van der Waals surface area contributed by atoms with Crippen molar-refractivity contribution in [1.82, 2.24) is 0 Å². The van der Waals surface area contributed by atoms with Crippen molar-refractivity contribution in [3.63, 3.8) is 0 Å². The number of hydrogen-bond donors (Lipinski definition) is 2. The minimum absolute atomic E-state index is 0.143. The van der Waals surface area contributed by atoms with Crippen LogP contribution in [0.4, 0.5) is 22.7 Å². The maximum Gasteiger partial charge on any atom is 0.198 e. The molecule has 6 aromatic rings. The van der Waals surface area contributed by atoms with Crippen LogP contribution in [0.15, 0.2) is 109 Å². The summed E-state index contributed by atoms with van der Waals surface area (Å²) < 4.78 is 10.9. The topological polar surface area (TPSA) is 145 Å². The van der Waals surface area contributed by atoms with Gasteiger partial charge in [-0.25, -0.2) is 0 Å². The lowest BCUT2D eigenvalue weighted by Gasteiger charge is -2.24. The number of nitrogens with one attached hydrogen (secondary N) is 2. The summed E-state index contributed by atoms with van der Waals surface area (Å²) in [6, 6.07) is 29.1. The lowest BCUT2D eigenvalue weighted by molar-refractivity contribution is 0.0977. The van der Waals surface area contributed by atoms with E-state index in [-0.39, 0.29) is 113 Å². The third-order valence-corrected chi connectivity index (χ3v) is 10.1. The molecule has 0 aromatic heterocycles. The molecule has 3 aliphatic rings. The zero-order valence-electron chi connectivity index (χ0n) is 28.7. The van der Waals surface area contributed by atoms with E-state index in [1.807, 2.05) is 0 Å². The highest BCUT2D eigenvalue weighted by molar-refractivity contribution is 6.33. The third-order valence-electron chi connectivity index (χ3n) is 10.1. The van der Waals surface area contributed by atoms with E-state index in [1.165, 1.54) is 14.2 Å². The van der Waals surface area contributed by atoms with Crippen molar-refractivity contribution in [1.29, 1.82) is 0 Å². The molecule has 0 radical (unpaired) electrons. The van der Waals surface area contributed by atoms with E-state index in [4.69, 9.17) is 9.47 Å². The van der Waals surface area contributed by atoms with Gasteiger partial charge in [-0.2, -0.15) is 0 Å². The molecule has 0 fully saturated rings. The molecule has 0 unspecified atom stereocenters. The maximum atomic E-state index is 13.9. The van der Waals surface area contributed by atoms with Crippen molar-refractivity contribution >= 4 is 57.4 Å². The first-order valence-electron chi connectivity index (χ1n) is 16.9. The number of rotatable bonds is 6. The molecular formula is C44H26N2O8. The predicted molar refractivity (Wildman–Crippen MR) is 199 cm³/mol. The van der Waals surface area contributed by atoms with Gasteiger partial charge in [-0.15, -0.1) is 0 Å². The second kappa shape index (κ2) is 12.1. The number of carbonyl (C=O) groups excluding carboxylic acids is 6. The average Bonchev–Trinajstić information content (AvgIpc) is 3.20. The monoisotopic (exact) mass is 710 g/mol. The van der Waals surface area contributed by atoms with E-state index >= 15 is 0 Å². The Morgan fingerprint density at radius 3 is 1.04 bits per heavy atom. The minimum Gasteiger partial charge on any atom is -0.496 e. The molecule has 0 bridgehead atoms. The second-order valence-electron chi connectivity index (χ2n) is 13.0. The zero-order valence-corrected chi connectivity index (χ0v) is 28.7. The van der Waals surface area contributed by atoms with Crippen LogP contribution >= 0.6 is 0 Å². The summed E-state index contributed by atoms with van der Waals surface area (Å²) in [6.45, 7) is 0. The number of hydrogen-bond acceptors (Lipinski definition) is 10. The van der Waals surface area contributed by atoms with Crippen molar-refractivity contribution in [2.24, 2.45) is 0 Å². The molecule has 0 saturated heterocycles. The van der Waals surface area contributed by atoms with Crippen molar-refractivity contribution in [2.45, 2.75) is 0 Å². The number of benzene rings is 6. The first-order valence-corrected chi connectivity index (χ1v) is 16.9. The Hall–Kier alpha value is -7.46. The van der Waals surface area contributed by atoms with E-state index in [0.29, 0.717) is 22.7 Å². The molecular weight excluding hydrogens is 684 g/mol. The van der Waals surface area contributed by atoms with E-state index in [0.717, 1.165) is 0 Å². The number of ether oxygens (including phenoxy) is 2. The van der Waals surface area contributed by atoms with Gasteiger partial charge in [0.2, 0.25) is 0 Å². The predicted octanol–water partition coefficient (Wildman–Crippen LogP) is 7.52. The van der Waals surface area contributed by atoms with Gasteiger partial charge in [0, 0.05) is 55.9 Å². The molecule has 0 heterocycles. The van der Waals surface area contributed by atoms with Gasteiger partial charge in [0.15, 0.2) is 34.7 Å². The Bertz CT molecular complexity index is 2570. The van der Waals surface area contributed by atoms with Gasteiger partial charge in [0.25, 0.3) is 0 Å². The van der Waals surface area contributed by atoms with Gasteiger partial charge in [-0.05, 0) is 60.7 Å². The van der Waals surface area contributed by atoms with Gasteiger partial charge in [-0.1, -0.05) is 48.5 Å². The molecule has 0 aliphatic heterocycles. The van der Waals surface area contributed by atoms with E-state index in [9.17, 15) is 28.8 Å². The molecule has 0 spiro atoms. The first-order chi connectivity index (χ1) is 26.2. The number of anilines is 4. The summed E-state index contributed by atoms with van der Waals surface area (Å²) in [6.07, 6.45) is 0. The van der Waals surface area contributed by atoms with Crippen LogP contribution in [-0.4, -0.2) is 48.9 Å². The molecule has 0 saturated carbocycles. The smallest absolute Gasteiger partial charge is 0.198 e. The third kappa shape index (κ3) is 4.66. The highest BCUT2D eigenvalue weighted by atomic mass is 16.5. The standard InChI is InChI=1S/C44H26N2O8/c1-53-33-17-15-31(35-37(33)43(51)25-9-5-3-7-23(25)41(35)49)45-21-11-13-27-29(19-21)39(47)28-14-12-22(20-30(28)40(27)48)46-32-16-18-34(54-2)38-36(32)42(50)24-8-4-6-10-26(24)44(38)52/h3-20,45-46H,1-2H3. The van der Waals surface area contributed by atoms with Crippen molar-refractivity contribution in [3.8, 4) is 11.5 Å². The van der Waals surface area contributed by atoms with Crippen LogP contribution in [0.5, 0.6) is 11.5 Å². The fourth-order valence-corrected chi connectivity index (χ4v) is 7.55. The Morgan fingerprint density at radius 1 is 0.352 bits per heavy atom. The molecule has 260 valence electrons. The second-order valence-corrected chi connectivity index (χ2v) is 13.0. The summed E-state index contributed by atoms with van der Waals surface area (Å²) in [5.41, 5.74) is 3.96. The summed E-state index contributed by atoms with van der Waals surface area (Å²) >= 11 is 0. The number of methoxy groups -OCH3 is 2. The number of fused-ring (bicyclic) bond motifs is 6. The SMILES string of the molecule is COc1ccc(Nc2ccc3c(c2)C(=O)c2ccc(Nc4ccc(OC)c5c4C(=O)c4ccccc4C5=O)cc2C3=O)c2c1C(=O)c1ccccc1C2=O. The Balaban J connectivity index is 1.04. The van der Waals surface area contributed by atoms with E-state index < -0.39 is 0 Å². The fraction of sp³-hybridized carbons (Fsp3) is 0.0455. The molecule has 9 rings (SSSR count). The number of ketones is 6. The summed E-state index contributed by atoms with van der Waals surface area (Å²) in [5, 5.41) is 6.39. The first kappa shape index (κ1) is 32.4. The van der Waals surface area contributed by atoms with Gasteiger partial charge in [-0.3, -0.25) is 28.8 Å². The summed E-state index contributed by atoms with van der Waals surface area (Å²) in [5.74, 6) is -1.61. The largest absolute Gasteiger partial charge is 0.496 e. The molecule has 10 heteroatoms. The molecule has 6 aromatic carbocycles. The summed E-state index contributed by atoms with van der Waals surface area (Å²) in [7, 11) is 2.86. The van der Waals surface area contributed by atoms with Gasteiger partial charge in [0.05, 0.1) is 47.8 Å². The normalized spacial score (nSPS) is 13.6. The molecule has 0 amide bonds. The molecule has 2 N–H and O–H groups in total. The van der Waals surface area contributed by atoms with Crippen LogP contribution in [0.25, 0.3) is 0 Å². The molecule has 10 nitrogen and oxygen atoms in total. The highest BCUT2D eigenvalue weighted by Crippen LogP contribution is 2.41. The number of carbonyl (C=O) groups is 6. The van der Waals surface area contributed by atoms with Gasteiger partial charge in [0.1, 0.15) is 11.5 Å². The van der Waals surface area contributed by atoms with Crippen LogP contribution in [-0.2, 0) is 0 Å². The fourth-order valence-electron chi connectivity index (χ4n) is 7.55. The van der Waals surface area contributed by atoms with Gasteiger partial charge < -0.3 is 20.1 Å². The van der Waals surface area contributed by atoms with E-state index in [1.54, 1.807) is 109 Å². The lowest BCUT2D eigenvalue weighted by atomic mass is 9.82. The minimum atomic E-state index is -0.383. The Kier molecular flexibility index (Phi) is 7.25. The molecule has 0 atom stereocenters. The van der Waals surface area contributed by atoms with Crippen molar-refractivity contribution < 1.29 is 38.2 Å². The van der Waals surface area contributed by atoms with Crippen LogP contribution in [0.1, 0.15) is 95.5 Å². The van der Waals surface area contributed by atoms with Crippen LogP contribution in [0, 0.1) is 0 Å². The Morgan fingerprint density at radius 2 is 0.685 bits per heavy atom. The van der Waals surface area contributed by atoms with E-state index in [2.05, 4.69) is 10.6 Å². The molecule has 3 aliphatic carbocycles.